The van der Waals surface area contributed by atoms with Crippen LogP contribution < -0.4 is 9.63 Å². The van der Waals surface area contributed by atoms with Gasteiger partial charge in [0.1, 0.15) is 10.0 Å². The molecule has 0 unspecified atom stereocenters. The molecule has 1 amide bonds. The molecule has 0 saturated heterocycles. The molecular formula is C18H22F3N3O2S2. The summed E-state index contributed by atoms with van der Waals surface area (Å²) in [6.45, 7) is 4.14. The number of amides is 1. The van der Waals surface area contributed by atoms with Crippen LogP contribution in [0.4, 0.5) is 18.2 Å². The Kier molecular flexibility index (Phi) is 8.11. The first kappa shape index (κ1) is 22.5. The molecule has 2 heterocycles. The maximum Gasteiger partial charge on any atom is 0.389 e. The number of carbonyl (C=O) groups is 1. The molecule has 0 radical (unpaired) electrons. The highest BCUT2D eigenvalue weighted by molar-refractivity contribution is 7.99. The van der Waals surface area contributed by atoms with Gasteiger partial charge in [0.15, 0.2) is 12.4 Å². The monoisotopic (exact) mass is 433 g/mol. The average Bonchev–Trinajstić information content (AvgIpc) is 2.99. The first-order chi connectivity index (χ1) is 13.2. The molecule has 5 nitrogen and oxygen atoms in total. The number of rotatable bonds is 9. The molecule has 0 N–H and O–H groups in total. The van der Waals surface area contributed by atoms with Crippen molar-refractivity contribution in [3.63, 3.8) is 0 Å². The molecule has 28 heavy (non-hydrogen) atoms. The number of thiazole rings is 1. The SMILES string of the molecule is CCN(C(=O)CCSCCCC(F)(F)F)c1sc(-c2ccc[n+]([O-])c2)nc1C. The number of anilines is 1. The van der Waals surface area contributed by atoms with Crippen molar-refractivity contribution in [2.24, 2.45) is 0 Å². The Morgan fingerprint density at radius 3 is 2.79 bits per heavy atom. The fourth-order valence-electron chi connectivity index (χ4n) is 2.55. The lowest BCUT2D eigenvalue weighted by Gasteiger charge is -2.19. The van der Waals surface area contributed by atoms with E-state index in [1.165, 1.54) is 35.5 Å². The molecule has 2 aromatic rings. The number of nitrogens with zero attached hydrogens (tertiary/aromatic N) is 3. The number of aryl methyl sites for hydroxylation is 1. The quantitative estimate of drug-likeness (QED) is 0.330. The first-order valence-corrected chi connectivity index (χ1v) is 10.8. The molecule has 0 fully saturated rings. The number of carbonyl (C=O) groups excluding carboxylic acids is 1. The van der Waals surface area contributed by atoms with Crippen LogP contribution in [-0.2, 0) is 4.79 Å². The lowest BCUT2D eigenvalue weighted by molar-refractivity contribution is -0.604. The van der Waals surface area contributed by atoms with Crippen LogP contribution >= 0.6 is 23.1 Å². The van der Waals surface area contributed by atoms with E-state index >= 15 is 0 Å². The van der Waals surface area contributed by atoms with E-state index < -0.39 is 12.6 Å². The van der Waals surface area contributed by atoms with Gasteiger partial charge in [-0.05, 0) is 32.1 Å². The smallest absolute Gasteiger partial charge is 0.389 e. The van der Waals surface area contributed by atoms with Crippen LogP contribution in [0.1, 0.15) is 31.9 Å². The van der Waals surface area contributed by atoms with E-state index in [1.807, 2.05) is 13.8 Å². The van der Waals surface area contributed by atoms with Crippen LogP contribution in [0.2, 0.25) is 0 Å². The summed E-state index contributed by atoms with van der Waals surface area (Å²) in [5.41, 5.74) is 1.38. The van der Waals surface area contributed by atoms with Gasteiger partial charge in [-0.1, -0.05) is 11.3 Å². The number of alkyl halides is 3. The van der Waals surface area contributed by atoms with E-state index in [2.05, 4.69) is 4.98 Å². The predicted molar refractivity (Wildman–Crippen MR) is 107 cm³/mol. The van der Waals surface area contributed by atoms with E-state index in [1.54, 1.807) is 17.0 Å². The van der Waals surface area contributed by atoms with Crippen LogP contribution in [0.5, 0.6) is 0 Å². The van der Waals surface area contributed by atoms with Crippen LogP contribution in [0.25, 0.3) is 10.6 Å². The molecule has 0 aliphatic heterocycles. The predicted octanol–water partition coefficient (Wildman–Crippen LogP) is 4.57. The molecule has 2 rings (SSSR count). The van der Waals surface area contributed by atoms with Crippen molar-refractivity contribution in [3.05, 3.63) is 35.4 Å². The average molecular weight is 434 g/mol. The fraction of sp³-hybridized carbons (Fsp3) is 0.500. The minimum absolute atomic E-state index is 0.0634. The van der Waals surface area contributed by atoms with Crippen molar-refractivity contribution in [2.75, 3.05) is 23.0 Å². The Bertz CT molecular complexity index is 797. The summed E-state index contributed by atoms with van der Waals surface area (Å²) in [7, 11) is 0. The topological polar surface area (TPSA) is 60.1 Å². The zero-order valence-electron chi connectivity index (χ0n) is 15.7. The van der Waals surface area contributed by atoms with Gasteiger partial charge in [-0.15, -0.1) is 0 Å². The summed E-state index contributed by atoms with van der Waals surface area (Å²) in [5, 5.41) is 12.9. The number of aromatic nitrogens is 2. The van der Waals surface area contributed by atoms with Crippen molar-refractivity contribution >= 4 is 34.0 Å². The Morgan fingerprint density at radius 1 is 1.39 bits per heavy atom. The number of hydrogen-bond acceptors (Lipinski definition) is 5. The van der Waals surface area contributed by atoms with Gasteiger partial charge in [0, 0.05) is 31.2 Å². The highest BCUT2D eigenvalue weighted by Crippen LogP contribution is 2.34. The van der Waals surface area contributed by atoms with Crippen molar-refractivity contribution in [2.45, 2.75) is 39.3 Å². The summed E-state index contributed by atoms with van der Waals surface area (Å²) < 4.78 is 37.1. The maximum atomic E-state index is 12.6. The van der Waals surface area contributed by atoms with E-state index in [-0.39, 0.29) is 18.7 Å². The highest BCUT2D eigenvalue weighted by Gasteiger charge is 2.26. The van der Waals surface area contributed by atoms with Crippen molar-refractivity contribution in [1.82, 2.24) is 4.98 Å². The Balaban J connectivity index is 1.94. The van der Waals surface area contributed by atoms with Gasteiger partial charge >= 0.3 is 6.18 Å². The number of halogens is 3. The lowest BCUT2D eigenvalue weighted by Crippen LogP contribution is -2.30. The molecule has 0 aliphatic rings. The molecule has 0 spiro atoms. The van der Waals surface area contributed by atoms with Crippen LogP contribution in [-0.4, -0.2) is 35.1 Å². The summed E-state index contributed by atoms with van der Waals surface area (Å²) in [4.78, 5) is 18.7. The minimum atomic E-state index is -4.12. The van der Waals surface area contributed by atoms with Gasteiger partial charge < -0.3 is 10.1 Å². The zero-order chi connectivity index (χ0) is 20.7. The number of hydrogen-bond donors (Lipinski definition) is 0. The highest BCUT2D eigenvalue weighted by atomic mass is 32.2. The third kappa shape index (κ3) is 6.66. The lowest BCUT2D eigenvalue weighted by atomic mass is 10.3. The van der Waals surface area contributed by atoms with Crippen molar-refractivity contribution in [3.8, 4) is 10.6 Å². The van der Waals surface area contributed by atoms with E-state index in [4.69, 9.17) is 0 Å². The zero-order valence-corrected chi connectivity index (χ0v) is 17.3. The van der Waals surface area contributed by atoms with Gasteiger partial charge in [-0.3, -0.25) is 4.79 Å². The van der Waals surface area contributed by atoms with Gasteiger partial charge in [-0.25, -0.2) is 4.98 Å². The molecule has 0 atom stereocenters. The van der Waals surface area contributed by atoms with Crippen LogP contribution in [0.3, 0.4) is 0 Å². The molecule has 0 bridgehead atoms. The standard InChI is InChI=1S/C18H22F3N3O2S2/c1-3-24(15(25)7-11-27-10-5-8-18(19,20)21)17-13(2)22-16(28-17)14-6-4-9-23(26)12-14/h4,6,9,12H,3,5,7-8,10-11H2,1-2H3. The summed E-state index contributed by atoms with van der Waals surface area (Å²) >= 11 is 2.70. The van der Waals surface area contributed by atoms with Gasteiger partial charge in [0.2, 0.25) is 5.91 Å². The molecule has 0 saturated carbocycles. The fourth-order valence-corrected chi connectivity index (χ4v) is 4.56. The largest absolute Gasteiger partial charge is 0.619 e. The van der Waals surface area contributed by atoms with Crippen LogP contribution in [0.15, 0.2) is 24.5 Å². The molecular weight excluding hydrogens is 411 g/mol. The third-order valence-corrected chi connectivity index (χ3v) is 6.17. The maximum absolute atomic E-state index is 12.6. The second kappa shape index (κ2) is 10.1. The van der Waals surface area contributed by atoms with E-state index in [0.29, 0.717) is 39.0 Å². The number of thioether (sulfide) groups is 1. The van der Waals surface area contributed by atoms with Gasteiger partial charge in [0.25, 0.3) is 0 Å². The Hall–Kier alpha value is -1.81. The van der Waals surface area contributed by atoms with Gasteiger partial charge in [-0.2, -0.15) is 29.7 Å². The number of pyridine rings is 1. The van der Waals surface area contributed by atoms with Crippen LogP contribution in [0, 0.1) is 12.1 Å². The Labute approximate surface area is 170 Å². The summed E-state index contributed by atoms with van der Waals surface area (Å²) in [6, 6.07) is 3.42. The van der Waals surface area contributed by atoms with Crippen molar-refractivity contribution < 1.29 is 22.7 Å². The molecule has 0 aliphatic carbocycles. The normalized spacial score (nSPS) is 11.6. The van der Waals surface area contributed by atoms with E-state index in [0.717, 1.165) is 5.00 Å². The molecule has 2 aromatic heterocycles. The molecule has 154 valence electrons. The van der Waals surface area contributed by atoms with Crippen molar-refractivity contribution in [1.29, 1.82) is 0 Å². The van der Waals surface area contributed by atoms with Gasteiger partial charge in [0.05, 0.1) is 11.3 Å². The summed E-state index contributed by atoms with van der Waals surface area (Å²) in [6.07, 6.45) is -1.78. The third-order valence-electron chi connectivity index (χ3n) is 3.87. The summed E-state index contributed by atoms with van der Waals surface area (Å²) in [5.74, 6) is 0.773. The second-order valence-electron chi connectivity index (χ2n) is 6.08. The Morgan fingerprint density at radius 2 is 2.14 bits per heavy atom. The second-order valence-corrected chi connectivity index (χ2v) is 8.28. The van der Waals surface area contributed by atoms with E-state index in [9.17, 15) is 23.2 Å². The minimum Gasteiger partial charge on any atom is -0.619 e. The molecule has 10 heteroatoms. The molecule has 0 aromatic carbocycles. The first-order valence-electron chi connectivity index (χ1n) is 8.82.